The van der Waals surface area contributed by atoms with Gasteiger partial charge in [-0.05, 0) is 70.9 Å². The van der Waals surface area contributed by atoms with Gasteiger partial charge in [-0.3, -0.25) is 16.0 Å². The average molecular weight is 392 g/mol. The van der Waals surface area contributed by atoms with Crippen molar-refractivity contribution in [3.63, 3.8) is 0 Å². The molecule has 1 aliphatic carbocycles. The molecule has 1 saturated carbocycles. The van der Waals surface area contributed by atoms with E-state index >= 15 is 0 Å². The summed E-state index contributed by atoms with van der Waals surface area (Å²) in [5, 5.41) is 18.3. The summed E-state index contributed by atoms with van der Waals surface area (Å²) >= 11 is 0. The number of ether oxygens (including phenoxy) is 1. The monoisotopic (exact) mass is 391 g/mol. The summed E-state index contributed by atoms with van der Waals surface area (Å²) in [7, 11) is 2.04. The van der Waals surface area contributed by atoms with Gasteiger partial charge in [-0.15, -0.1) is 0 Å². The molecule has 6 nitrogen and oxygen atoms in total. The van der Waals surface area contributed by atoms with Gasteiger partial charge in [0.2, 0.25) is 0 Å². The van der Waals surface area contributed by atoms with Crippen LogP contribution in [0, 0.1) is 17.8 Å². The second kappa shape index (κ2) is 9.54. The number of nitrogens with one attached hydrogen (secondary N) is 5. The van der Waals surface area contributed by atoms with Crippen molar-refractivity contribution in [2.24, 2.45) is 17.8 Å². The Morgan fingerprint density at radius 2 is 2.04 bits per heavy atom. The highest BCUT2D eigenvalue weighted by Crippen LogP contribution is 2.45. The summed E-state index contributed by atoms with van der Waals surface area (Å²) in [5.74, 6) is 1.82. The molecule has 0 aromatic heterocycles. The molecule has 3 fully saturated rings. The van der Waals surface area contributed by atoms with Crippen LogP contribution >= 0.6 is 0 Å². The number of fused-ring (bicyclic) bond motifs is 1. The number of hydrogen-bond acceptors (Lipinski definition) is 6. The van der Waals surface area contributed by atoms with E-state index in [-0.39, 0.29) is 6.29 Å². The van der Waals surface area contributed by atoms with Crippen molar-refractivity contribution in [3.05, 3.63) is 11.6 Å². The van der Waals surface area contributed by atoms with Crippen LogP contribution in [0.2, 0.25) is 0 Å². The minimum atomic E-state index is 0.167. The summed E-state index contributed by atoms with van der Waals surface area (Å²) < 4.78 is 6.42. The molecule has 6 heteroatoms. The van der Waals surface area contributed by atoms with Crippen LogP contribution in [-0.4, -0.2) is 57.4 Å². The van der Waals surface area contributed by atoms with Crippen molar-refractivity contribution in [2.75, 3.05) is 26.7 Å². The molecule has 3 aliphatic heterocycles. The molecule has 28 heavy (non-hydrogen) atoms. The van der Waals surface area contributed by atoms with Crippen molar-refractivity contribution in [1.82, 2.24) is 26.6 Å². The Balaban J connectivity index is 1.50. The predicted octanol–water partition coefficient (Wildman–Crippen LogP) is 1.51. The maximum absolute atomic E-state index is 6.42. The molecule has 0 spiro atoms. The topological polar surface area (TPSA) is 69.4 Å². The highest BCUT2D eigenvalue weighted by atomic mass is 16.5. The Morgan fingerprint density at radius 1 is 1.14 bits per heavy atom. The fourth-order valence-corrected chi connectivity index (χ4v) is 6.04. The standard InChI is InChI=1S/C22H41N5O/c1-14-12-19(23-3)27-22(25-14)26-18-13-17-7-5-11-28-21(17)20(15(18)2)16-6-4-9-24-10-8-16/h8,14-15,17-27H,4-7,9-13H2,1-3H3. The van der Waals surface area contributed by atoms with Gasteiger partial charge in [0, 0.05) is 31.2 Å². The van der Waals surface area contributed by atoms with Gasteiger partial charge in [-0.1, -0.05) is 18.6 Å². The highest BCUT2D eigenvalue weighted by Gasteiger charge is 2.46. The van der Waals surface area contributed by atoms with E-state index in [2.05, 4.69) is 46.5 Å². The second-order valence-corrected chi connectivity index (χ2v) is 9.46. The molecule has 0 aromatic carbocycles. The molecule has 2 saturated heterocycles. The zero-order valence-corrected chi connectivity index (χ0v) is 18.0. The molecule has 160 valence electrons. The van der Waals surface area contributed by atoms with E-state index in [4.69, 9.17) is 4.74 Å². The quantitative estimate of drug-likeness (QED) is 0.468. The second-order valence-electron chi connectivity index (χ2n) is 9.46. The van der Waals surface area contributed by atoms with E-state index in [0.717, 1.165) is 26.1 Å². The predicted molar refractivity (Wildman–Crippen MR) is 114 cm³/mol. The lowest BCUT2D eigenvalue weighted by atomic mass is 9.64. The Morgan fingerprint density at radius 3 is 2.89 bits per heavy atom. The van der Waals surface area contributed by atoms with Crippen LogP contribution in [0.1, 0.15) is 52.4 Å². The van der Waals surface area contributed by atoms with Crippen LogP contribution in [-0.2, 0) is 4.74 Å². The van der Waals surface area contributed by atoms with E-state index in [1.807, 2.05) is 7.05 Å². The summed E-state index contributed by atoms with van der Waals surface area (Å²) in [6.45, 7) is 7.83. The Hall–Kier alpha value is -0.500. The smallest absolute Gasteiger partial charge is 0.113 e. The highest BCUT2D eigenvalue weighted by molar-refractivity contribution is 5.17. The fraction of sp³-hybridized carbons (Fsp3) is 0.909. The Labute approximate surface area is 171 Å². The van der Waals surface area contributed by atoms with E-state index in [0.29, 0.717) is 42.1 Å². The molecule has 4 rings (SSSR count). The summed E-state index contributed by atoms with van der Waals surface area (Å²) in [6, 6.07) is 1.02. The third-order valence-corrected chi connectivity index (χ3v) is 7.50. The molecule has 0 radical (unpaired) electrons. The summed E-state index contributed by atoms with van der Waals surface area (Å²) in [4.78, 5) is 0. The first-order chi connectivity index (χ1) is 13.7. The van der Waals surface area contributed by atoms with Crippen molar-refractivity contribution in [2.45, 2.75) is 83.0 Å². The molecular weight excluding hydrogens is 350 g/mol. The Kier molecular flexibility index (Phi) is 7.07. The molecular formula is C22H41N5O. The molecule has 0 amide bonds. The third kappa shape index (κ3) is 4.63. The van der Waals surface area contributed by atoms with E-state index in [1.165, 1.54) is 32.1 Å². The van der Waals surface area contributed by atoms with E-state index in [1.54, 1.807) is 5.57 Å². The average Bonchev–Trinajstić information content (AvgIpc) is 2.97. The van der Waals surface area contributed by atoms with Crippen LogP contribution in [0.4, 0.5) is 0 Å². The first-order valence-corrected chi connectivity index (χ1v) is 11.6. The maximum atomic E-state index is 6.42. The van der Waals surface area contributed by atoms with Gasteiger partial charge in [0.1, 0.15) is 6.29 Å². The maximum Gasteiger partial charge on any atom is 0.113 e. The molecule has 0 bridgehead atoms. The van der Waals surface area contributed by atoms with Crippen LogP contribution < -0.4 is 26.6 Å². The van der Waals surface area contributed by atoms with Crippen molar-refractivity contribution >= 4 is 0 Å². The zero-order valence-electron chi connectivity index (χ0n) is 18.0. The SMILES string of the molecule is CNC1CC(C)NC(NC2CC3CCCOC3C(C3=CCNCCC3)C2C)N1. The Bertz CT molecular complexity index is 541. The normalized spacial score (nSPS) is 45.0. The fourth-order valence-electron chi connectivity index (χ4n) is 6.04. The van der Waals surface area contributed by atoms with Crippen LogP contribution in [0.3, 0.4) is 0 Å². The molecule has 0 aromatic rings. The minimum absolute atomic E-state index is 0.167. The van der Waals surface area contributed by atoms with Crippen molar-refractivity contribution in [3.8, 4) is 0 Å². The largest absolute Gasteiger partial charge is 0.377 e. The number of rotatable bonds is 4. The molecule has 3 heterocycles. The summed E-state index contributed by atoms with van der Waals surface area (Å²) in [6.07, 6.45) is 10.8. The first kappa shape index (κ1) is 20.8. The lowest BCUT2D eigenvalue weighted by Gasteiger charge is -2.50. The van der Waals surface area contributed by atoms with Gasteiger partial charge in [0.25, 0.3) is 0 Å². The molecule has 8 atom stereocenters. The lowest BCUT2D eigenvalue weighted by molar-refractivity contribution is -0.0970. The number of hydrogen-bond donors (Lipinski definition) is 5. The summed E-state index contributed by atoms with van der Waals surface area (Å²) in [5.41, 5.74) is 1.65. The van der Waals surface area contributed by atoms with Crippen molar-refractivity contribution < 1.29 is 4.74 Å². The van der Waals surface area contributed by atoms with Crippen LogP contribution in [0.5, 0.6) is 0 Å². The van der Waals surface area contributed by atoms with Gasteiger partial charge >= 0.3 is 0 Å². The van der Waals surface area contributed by atoms with Gasteiger partial charge in [-0.2, -0.15) is 0 Å². The van der Waals surface area contributed by atoms with Crippen LogP contribution in [0.25, 0.3) is 0 Å². The van der Waals surface area contributed by atoms with Gasteiger partial charge in [0.15, 0.2) is 0 Å². The lowest BCUT2D eigenvalue weighted by Crippen LogP contribution is -2.69. The zero-order chi connectivity index (χ0) is 19.5. The minimum Gasteiger partial charge on any atom is -0.377 e. The van der Waals surface area contributed by atoms with E-state index in [9.17, 15) is 0 Å². The van der Waals surface area contributed by atoms with E-state index < -0.39 is 0 Å². The van der Waals surface area contributed by atoms with Gasteiger partial charge in [-0.25, -0.2) is 0 Å². The molecule has 8 unspecified atom stereocenters. The third-order valence-electron chi connectivity index (χ3n) is 7.50. The van der Waals surface area contributed by atoms with Crippen LogP contribution in [0.15, 0.2) is 11.6 Å². The van der Waals surface area contributed by atoms with Gasteiger partial charge < -0.3 is 15.4 Å². The molecule has 5 N–H and O–H groups in total. The van der Waals surface area contributed by atoms with Crippen molar-refractivity contribution in [1.29, 1.82) is 0 Å². The first-order valence-electron chi connectivity index (χ1n) is 11.6. The molecule has 4 aliphatic rings. The van der Waals surface area contributed by atoms with Gasteiger partial charge in [0.05, 0.1) is 12.3 Å².